The van der Waals surface area contributed by atoms with Crippen molar-refractivity contribution < 1.29 is 0 Å². The lowest BCUT2D eigenvalue weighted by atomic mass is 10.2. The molecule has 2 heterocycles. The Morgan fingerprint density at radius 3 is 2.62 bits per heavy atom. The molecule has 13 heavy (non-hydrogen) atoms. The van der Waals surface area contributed by atoms with Crippen LogP contribution in [0.15, 0.2) is 15.9 Å². The number of hydrogen-bond donors (Lipinski definition) is 0. The molecule has 0 aliphatic carbocycles. The molecule has 0 N–H and O–H groups in total. The van der Waals surface area contributed by atoms with Gasteiger partial charge in [0.1, 0.15) is 0 Å². The van der Waals surface area contributed by atoms with Crippen molar-refractivity contribution >= 4 is 27.3 Å². The molecule has 1 unspecified atom stereocenters. The number of rotatable bonds is 2. The maximum absolute atomic E-state index is 3.51. The molecule has 1 aromatic heterocycles. The van der Waals surface area contributed by atoms with Gasteiger partial charge in [-0.15, -0.1) is 11.3 Å². The van der Waals surface area contributed by atoms with Gasteiger partial charge >= 0.3 is 0 Å². The lowest BCUT2D eigenvalue weighted by molar-refractivity contribution is 0.267. The van der Waals surface area contributed by atoms with Crippen molar-refractivity contribution in [3.8, 4) is 0 Å². The third-order valence-electron chi connectivity index (χ3n) is 2.69. The highest BCUT2D eigenvalue weighted by atomic mass is 79.9. The highest BCUT2D eigenvalue weighted by Gasteiger charge is 2.20. The molecule has 1 nitrogen and oxygen atoms in total. The molecule has 1 atom stereocenters. The van der Waals surface area contributed by atoms with Crippen LogP contribution in [0.2, 0.25) is 0 Å². The van der Waals surface area contributed by atoms with E-state index in [-0.39, 0.29) is 0 Å². The molecule has 0 radical (unpaired) electrons. The molecule has 0 aromatic carbocycles. The monoisotopic (exact) mass is 259 g/mol. The Balaban J connectivity index is 2.07. The molecule has 3 heteroatoms. The second-order valence-electron chi connectivity index (χ2n) is 3.56. The Morgan fingerprint density at radius 1 is 1.38 bits per heavy atom. The third kappa shape index (κ3) is 2.14. The van der Waals surface area contributed by atoms with Gasteiger partial charge in [0.15, 0.2) is 0 Å². The summed E-state index contributed by atoms with van der Waals surface area (Å²) in [6.07, 6.45) is 2.74. The fraction of sp³-hybridized carbons (Fsp3) is 0.600. The van der Waals surface area contributed by atoms with Crippen LogP contribution in [0.1, 0.15) is 30.7 Å². The van der Waals surface area contributed by atoms with Crippen LogP contribution in [0.4, 0.5) is 0 Å². The van der Waals surface area contributed by atoms with Crippen molar-refractivity contribution in [2.45, 2.75) is 25.8 Å². The number of thiophene rings is 1. The first kappa shape index (κ1) is 9.69. The summed E-state index contributed by atoms with van der Waals surface area (Å²) >= 11 is 5.37. The molecule has 2 rings (SSSR count). The molecular formula is C10H14BrNS. The molecular weight excluding hydrogens is 246 g/mol. The van der Waals surface area contributed by atoms with E-state index < -0.39 is 0 Å². The summed E-state index contributed by atoms with van der Waals surface area (Å²) in [5, 5.41) is 0. The quantitative estimate of drug-likeness (QED) is 0.784. The number of hydrogen-bond acceptors (Lipinski definition) is 2. The Bertz CT molecular complexity index is 278. The van der Waals surface area contributed by atoms with E-state index in [1.165, 1.54) is 34.6 Å². The summed E-state index contributed by atoms with van der Waals surface area (Å²) in [5.74, 6) is 0. The standard InChI is InChI=1S/C10H14BrNS/c1-8(12-6-2-3-7-12)9-4-5-10(11)13-9/h4-5,8H,2-3,6-7H2,1H3. The molecule has 1 aromatic rings. The van der Waals surface area contributed by atoms with Crippen molar-refractivity contribution in [3.05, 3.63) is 20.8 Å². The van der Waals surface area contributed by atoms with Gasteiger partial charge in [0, 0.05) is 10.9 Å². The van der Waals surface area contributed by atoms with Crippen LogP contribution < -0.4 is 0 Å². The van der Waals surface area contributed by atoms with E-state index in [2.05, 4.69) is 39.9 Å². The SMILES string of the molecule is CC(c1ccc(Br)s1)N1CCCC1. The van der Waals surface area contributed by atoms with Crippen LogP contribution in [0.5, 0.6) is 0 Å². The summed E-state index contributed by atoms with van der Waals surface area (Å²) in [7, 11) is 0. The van der Waals surface area contributed by atoms with Gasteiger partial charge in [0.25, 0.3) is 0 Å². The van der Waals surface area contributed by atoms with Crippen LogP contribution >= 0.6 is 27.3 Å². The second kappa shape index (κ2) is 4.11. The van der Waals surface area contributed by atoms with Crippen LogP contribution in [-0.4, -0.2) is 18.0 Å². The lowest BCUT2D eigenvalue weighted by Gasteiger charge is -2.22. The van der Waals surface area contributed by atoms with E-state index in [1.807, 2.05) is 11.3 Å². The summed E-state index contributed by atoms with van der Waals surface area (Å²) in [6, 6.07) is 4.99. The van der Waals surface area contributed by atoms with Gasteiger partial charge in [-0.2, -0.15) is 0 Å². The van der Waals surface area contributed by atoms with E-state index in [0.29, 0.717) is 6.04 Å². The summed E-state index contributed by atoms with van der Waals surface area (Å²) in [5.41, 5.74) is 0. The van der Waals surface area contributed by atoms with Gasteiger partial charge in [0.05, 0.1) is 3.79 Å². The summed E-state index contributed by atoms with van der Waals surface area (Å²) < 4.78 is 1.24. The predicted octanol–water partition coefficient (Wildman–Crippen LogP) is 3.67. The maximum atomic E-state index is 3.51. The Kier molecular flexibility index (Phi) is 3.06. The average Bonchev–Trinajstić information content (AvgIpc) is 2.72. The zero-order valence-corrected chi connectivity index (χ0v) is 10.2. The molecule has 0 amide bonds. The van der Waals surface area contributed by atoms with Gasteiger partial charge in [0.2, 0.25) is 0 Å². The van der Waals surface area contributed by atoms with Crippen molar-refractivity contribution in [1.29, 1.82) is 0 Å². The molecule has 0 saturated carbocycles. The largest absolute Gasteiger partial charge is 0.296 e. The fourth-order valence-electron chi connectivity index (χ4n) is 1.86. The van der Waals surface area contributed by atoms with E-state index in [4.69, 9.17) is 0 Å². The van der Waals surface area contributed by atoms with E-state index >= 15 is 0 Å². The predicted molar refractivity (Wildman–Crippen MR) is 61.2 cm³/mol. The molecule has 0 spiro atoms. The summed E-state index contributed by atoms with van der Waals surface area (Å²) in [4.78, 5) is 4.05. The topological polar surface area (TPSA) is 3.24 Å². The Morgan fingerprint density at radius 2 is 2.08 bits per heavy atom. The van der Waals surface area contributed by atoms with E-state index in [9.17, 15) is 0 Å². The Hall–Kier alpha value is 0.140. The van der Waals surface area contributed by atoms with Crippen molar-refractivity contribution in [1.82, 2.24) is 4.90 Å². The minimum atomic E-state index is 0.610. The van der Waals surface area contributed by atoms with E-state index in [1.54, 1.807) is 0 Å². The van der Waals surface area contributed by atoms with Gasteiger partial charge < -0.3 is 0 Å². The second-order valence-corrected chi connectivity index (χ2v) is 6.06. The minimum Gasteiger partial charge on any atom is -0.296 e. The Labute approximate surface area is 91.9 Å². The van der Waals surface area contributed by atoms with Crippen LogP contribution in [0.3, 0.4) is 0 Å². The first-order valence-corrected chi connectivity index (χ1v) is 6.37. The minimum absolute atomic E-state index is 0.610. The van der Waals surface area contributed by atoms with Gasteiger partial charge in [-0.3, -0.25) is 4.90 Å². The highest BCUT2D eigenvalue weighted by molar-refractivity contribution is 9.11. The maximum Gasteiger partial charge on any atom is 0.0701 e. The highest BCUT2D eigenvalue weighted by Crippen LogP contribution is 2.31. The zero-order valence-electron chi connectivity index (χ0n) is 7.79. The van der Waals surface area contributed by atoms with Crippen molar-refractivity contribution in [2.24, 2.45) is 0 Å². The summed E-state index contributed by atoms with van der Waals surface area (Å²) in [6.45, 7) is 4.86. The molecule has 1 fully saturated rings. The smallest absolute Gasteiger partial charge is 0.0701 e. The molecule has 1 saturated heterocycles. The van der Waals surface area contributed by atoms with Crippen LogP contribution in [-0.2, 0) is 0 Å². The van der Waals surface area contributed by atoms with E-state index in [0.717, 1.165) is 0 Å². The van der Waals surface area contributed by atoms with Gasteiger partial charge in [-0.05, 0) is 60.9 Å². The molecule has 0 bridgehead atoms. The number of likely N-dealkylation sites (tertiary alicyclic amines) is 1. The van der Waals surface area contributed by atoms with Gasteiger partial charge in [-0.1, -0.05) is 0 Å². The van der Waals surface area contributed by atoms with Crippen molar-refractivity contribution in [2.75, 3.05) is 13.1 Å². The molecule has 72 valence electrons. The lowest BCUT2D eigenvalue weighted by Crippen LogP contribution is -2.22. The number of halogens is 1. The van der Waals surface area contributed by atoms with Crippen LogP contribution in [0.25, 0.3) is 0 Å². The first-order chi connectivity index (χ1) is 6.27. The molecule has 1 aliphatic rings. The zero-order chi connectivity index (χ0) is 9.26. The van der Waals surface area contributed by atoms with Gasteiger partial charge in [-0.25, -0.2) is 0 Å². The van der Waals surface area contributed by atoms with Crippen molar-refractivity contribution in [3.63, 3.8) is 0 Å². The number of nitrogens with zero attached hydrogens (tertiary/aromatic N) is 1. The fourth-order valence-corrected chi connectivity index (χ4v) is 3.37. The normalized spacial score (nSPS) is 20.8. The van der Waals surface area contributed by atoms with Crippen LogP contribution in [0, 0.1) is 0 Å². The molecule has 1 aliphatic heterocycles. The third-order valence-corrected chi connectivity index (χ3v) is 4.49. The first-order valence-electron chi connectivity index (χ1n) is 4.76. The average molecular weight is 260 g/mol.